The monoisotopic (exact) mass is 401 g/mol. The van der Waals surface area contributed by atoms with Gasteiger partial charge in [0.05, 0.1) is 18.0 Å². The predicted octanol–water partition coefficient (Wildman–Crippen LogP) is 3.70. The Balaban J connectivity index is 1.65. The summed E-state index contributed by atoms with van der Waals surface area (Å²) >= 11 is 0. The molecule has 1 heterocycles. The fraction of sp³-hybridized carbons (Fsp3) is 0.136. The van der Waals surface area contributed by atoms with Crippen LogP contribution < -0.4 is 5.32 Å². The van der Waals surface area contributed by atoms with Crippen molar-refractivity contribution in [2.45, 2.75) is 13.0 Å². The number of amides is 2. The third-order valence-corrected chi connectivity index (χ3v) is 4.27. The first-order chi connectivity index (χ1) is 14.6. The van der Waals surface area contributed by atoms with Crippen molar-refractivity contribution in [1.29, 1.82) is 5.26 Å². The van der Waals surface area contributed by atoms with Crippen LogP contribution in [0, 0.1) is 11.3 Å². The maximum Gasteiger partial charge on any atom is 0.283 e. The zero-order chi connectivity index (χ0) is 21.3. The molecule has 2 amide bonds. The van der Waals surface area contributed by atoms with Gasteiger partial charge in [-0.2, -0.15) is 5.26 Å². The number of carbonyl (C=O) groups excluding carboxylic acids is 2. The first kappa shape index (κ1) is 20.5. The first-order valence-corrected chi connectivity index (χ1v) is 9.23. The molecule has 3 aromatic rings. The number of aromatic hydroxyl groups is 1. The summed E-state index contributed by atoms with van der Waals surface area (Å²) in [5.74, 6) is -1.26. The quantitative estimate of drug-likeness (QED) is 0.463. The van der Waals surface area contributed by atoms with Crippen LogP contribution in [0.25, 0.3) is 17.0 Å². The molecule has 30 heavy (non-hydrogen) atoms. The van der Waals surface area contributed by atoms with Crippen LogP contribution in [0.5, 0.6) is 5.88 Å². The predicted molar refractivity (Wildman–Crippen MR) is 112 cm³/mol. The summed E-state index contributed by atoms with van der Waals surface area (Å²) in [4.78, 5) is 23.8. The van der Waals surface area contributed by atoms with E-state index >= 15 is 0 Å². The van der Waals surface area contributed by atoms with Crippen LogP contribution in [0.3, 0.4) is 0 Å². The number of para-hydroxylation sites is 1. The number of nitrogens with zero attached hydrogens (tertiary/aromatic N) is 4. The van der Waals surface area contributed by atoms with E-state index in [9.17, 15) is 14.7 Å². The van der Waals surface area contributed by atoms with Crippen molar-refractivity contribution in [3.63, 3.8) is 0 Å². The lowest BCUT2D eigenvalue weighted by Gasteiger charge is -2.02. The second kappa shape index (κ2) is 9.80. The molecule has 0 aliphatic carbocycles. The minimum Gasteiger partial charge on any atom is -0.493 e. The number of rotatable bonds is 7. The Morgan fingerprint density at radius 2 is 1.87 bits per heavy atom. The second-order valence-electron chi connectivity index (χ2n) is 6.30. The molecule has 3 rings (SSSR count). The maximum absolute atomic E-state index is 12.0. The van der Waals surface area contributed by atoms with Crippen molar-refractivity contribution < 1.29 is 14.7 Å². The topological polar surface area (TPSA) is 120 Å². The van der Waals surface area contributed by atoms with Gasteiger partial charge in [-0.3, -0.25) is 9.59 Å². The molecule has 0 atom stereocenters. The van der Waals surface area contributed by atoms with Crippen molar-refractivity contribution in [3.8, 4) is 11.9 Å². The molecule has 0 saturated heterocycles. The average Bonchev–Trinajstić information content (AvgIpc) is 3.04. The summed E-state index contributed by atoms with van der Waals surface area (Å²) in [6, 6.07) is 18.4. The number of benzene rings is 2. The summed E-state index contributed by atoms with van der Waals surface area (Å²) in [6.45, 7) is -0.0363. The molecule has 2 aromatic carbocycles. The Morgan fingerprint density at radius 3 is 2.63 bits per heavy atom. The number of aromatic nitrogens is 1. The first-order valence-electron chi connectivity index (χ1n) is 9.23. The molecule has 0 fully saturated rings. The fourth-order valence-electron chi connectivity index (χ4n) is 2.86. The zero-order valence-corrected chi connectivity index (χ0v) is 16.0. The van der Waals surface area contributed by atoms with Crippen molar-refractivity contribution in [1.82, 2.24) is 9.88 Å². The highest BCUT2D eigenvalue weighted by Gasteiger charge is 2.16. The minimum absolute atomic E-state index is 0.146. The molecule has 0 spiro atoms. The van der Waals surface area contributed by atoms with E-state index < -0.39 is 11.8 Å². The lowest BCUT2D eigenvalue weighted by atomic mass is 10.2. The Kier molecular flexibility index (Phi) is 6.69. The van der Waals surface area contributed by atoms with E-state index in [4.69, 9.17) is 5.26 Å². The standard InChI is InChI=1S/C22H19N5O3/c23-13-6-14-27-18-10-5-4-9-17(18)21(22(27)30)26-25-20(29)15-24-19(28)12-11-16-7-2-1-3-8-16/h1-5,7-12,30H,6,14-15H2,(H,24,28). The number of azo groups is 1. The van der Waals surface area contributed by atoms with Crippen LogP contribution >= 0.6 is 0 Å². The number of nitrogens with one attached hydrogen (secondary N) is 1. The second-order valence-corrected chi connectivity index (χ2v) is 6.30. The van der Waals surface area contributed by atoms with Crippen molar-refractivity contribution in [2.24, 2.45) is 10.2 Å². The molecule has 8 heteroatoms. The van der Waals surface area contributed by atoms with E-state index in [1.54, 1.807) is 34.9 Å². The molecule has 0 unspecified atom stereocenters. The van der Waals surface area contributed by atoms with Gasteiger partial charge in [-0.1, -0.05) is 48.5 Å². The van der Waals surface area contributed by atoms with Crippen LogP contribution in [0.15, 0.2) is 70.9 Å². The highest BCUT2D eigenvalue weighted by Crippen LogP contribution is 2.38. The Morgan fingerprint density at radius 1 is 1.13 bits per heavy atom. The van der Waals surface area contributed by atoms with E-state index in [0.29, 0.717) is 10.9 Å². The van der Waals surface area contributed by atoms with Crippen LogP contribution in [0.2, 0.25) is 0 Å². The Labute approximate surface area is 172 Å². The van der Waals surface area contributed by atoms with Gasteiger partial charge >= 0.3 is 0 Å². The van der Waals surface area contributed by atoms with Gasteiger partial charge in [0.25, 0.3) is 5.91 Å². The van der Waals surface area contributed by atoms with Crippen LogP contribution in [0.4, 0.5) is 5.69 Å². The molecule has 0 aliphatic rings. The third kappa shape index (κ3) is 4.97. The van der Waals surface area contributed by atoms with Gasteiger partial charge in [0.2, 0.25) is 11.8 Å². The number of nitriles is 1. The van der Waals surface area contributed by atoms with Gasteiger partial charge in [0, 0.05) is 18.0 Å². The molecule has 0 bridgehead atoms. The normalized spacial score (nSPS) is 11.2. The lowest BCUT2D eigenvalue weighted by Crippen LogP contribution is -2.26. The van der Waals surface area contributed by atoms with Crippen LogP contribution in [-0.4, -0.2) is 28.0 Å². The molecular formula is C22H19N5O3. The Bertz CT molecular complexity index is 1160. The van der Waals surface area contributed by atoms with E-state index in [2.05, 4.69) is 15.5 Å². The van der Waals surface area contributed by atoms with Gasteiger partial charge in [-0.25, -0.2) is 0 Å². The number of fused-ring (bicyclic) bond motifs is 1. The van der Waals surface area contributed by atoms with Crippen LogP contribution in [0.1, 0.15) is 12.0 Å². The average molecular weight is 401 g/mol. The van der Waals surface area contributed by atoms with Crippen molar-refractivity contribution >= 4 is 34.5 Å². The fourth-order valence-corrected chi connectivity index (χ4v) is 2.86. The largest absolute Gasteiger partial charge is 0.493 e. The summed E-state index contributed by atoms with van der Waals surface area (Å²) in [5, 5.41) is 29.8. The SMILES string of the molecule is N#CCCn1c(O)c(N=NC(=O)CNC(=O)C=Cc2ccccc2)c2ccccc21. The number of aryl methyl sites for hydroxylation is 1. The molecule has 150 valence electrons. The molecule has 0 aliphatic heterocycles. The third-order valence-electron chi connectivity index (χ3n) is 4.27. The van der Waals surface area contributed by atoms with E-state index in [-0.39, 0.29) is 31.1 Å². The van der Waals surface area contributed by atoms with E-state index in [0.717, 1.165) is 5.56 Å². The summed E-state index contributed by atoms with van der Waals surface area (Å²) in [6.07, 6.45) is 3.17. The van der Waals surface area contributed by atoms with Gasteiger partial charge in [-0.05, 0) is 17.7 Å². The molecular weight excluding hydrogens is 382 g/mol. The van der Waals surface area contributed by atoms with Crippen molar-refractivity contribution in [2.75, 3.05) is 6.54 Å². The number of hydrogen-bond donors (Lipinski definition) is 2. The maximum atomic E-state index is 12.0. The van der Waals surface area contributed by atoms with Gasteiger partial charge in [0.1, 0.15) is 6.54 Å². The van der Waals surface area contributed by atoms with Crippen LogP contribution in [-0.2, 0) is 16.1 Å². The lowest BCUT2D eigenvalue weighted by molar-refractivity contribution is -0.122. The van der Waals surface area contributed by atoms with Crippen molar-refractivity contribution in [3.05, 3.63) is 66.2 Å². The number of hydrogen-bond acceptors (Lipinski definition) is 5. The van der Waals surface area contributed by atoms with Gasteiger partial charge in [-0.15, -0.1) is 10.2 Å². The zero-order valence-electron chi connectivity index (χ0n) is 16.0. The molecule has 8 nitrogen and oxygen atoms in total. The summed E-state index contributed by atoms with van der Waals surface area (Å²) in [5.41, 5.74) is 1.69. The highest BCUT2D eigenvalue weighted by atomic mass is 16.3. The molecule has 2 N–H and O–H groups in total. The van der Waals surface area contributed by atoms with Gasteiger partial charge in [0.15, 0.2) is 5.69 Å². The summed E-state index contributed by atoms with van der Waals surface area (Å²) in [7, 11) is 0. The Hall–Kier alpha value is -4.25. The highest BCUT2D eigenvalue weighted by molar-refractivity contribution is 5.96. The molecule has 0 radical (unpaired) electrons. The minimum atomic E-state index is -0.662. The smallest absolute Gasteiger partial charge is 0.283 e. The van der Waals surface area contributed by atoms with E-state index in [1.807, 2.05) is 36.4 Å². The molecule has 1 aromatic heterocycles. The summed E-state index contributed by atoms with van der Waals surface area (Å²) < 4.78 is 1.55. The molecule has 0 saturated carbocycles. The van der Waals surface area contributed by atoms with E-state index in [1.165, 1.54) is 6.08 Å². The van der Waals surface area contributed by atoms with Gasteiger partial charge < -0.3 is 15.0 Å². The number of carbonyl (C=O) groups is 2.